The van der Waals surface area contributed by atoms with Crippen molar-refractivity contribution in [2.45, 2.75) is 19.4 Å². The maximum Gasteiger partial charge on any atom is 0.234 e. The first-order valence-corrected chi connectivity index (χ1v) is 6.34. The summed E-state index contributed by atoms with van der Waals surface area (Å²) in [7, 11) is 0. The molecule has 7 heteroatoms. The lowest BCUT2D eigenvalue weighted by atomic mass is 10.0. The van der Waals surface area contributed by atoms with E-state index in [2.05, 4.69) is 21.2 Å². The van der Waals surface area contributed by atoms with Gasteiger partial charge in [-0.1, -0.05) is 18.5 Å². The van der Waals surface area contributed by atoms with E-state index in [0.717, 1.165) is 0 Å². The van der Waals surface area contributed by atoms with Gasteiger partial charge in [0.2, 0.25) is 5.91 Å². The van der Waals surface area contributed by atoms with Crippen LogP contribution >= 0.6 is 39.9 Å². The molecule has 0 radical (unpaired) electrons. The van der Waals surface area contributed by atoms with Crippen LogP contribution in [-0.2, 0) is 4.79 Å². The Morgan fingerprint density at radius 1 is 1.61 bits per heavy atom. The number of hydrogen-bond acceptors (Lipinski definition) is 3. The second-order valence-corrected chi connectivity index (χ2v) is 4.85. The van der Waals surface area contributed by atoms with Crippen molar-refractivity contribution in [3.05, 3.63) is 27.2 Å². The summed E-state index contributed by atoms with van der Waals surface area (Å²) in [6, 6.07) is 2.92. The van der Waals surface area contributed by atoms with Crippen molar-refractivity contribution in [3.63, 3.8) is 0 Å². The molecule has 0 aliphatic rings. The summed E-state index contributed by atoms with van der Waals surface area (Å²) in [5.41, 5.74) is 5.82. The number of rotatable bonds is 4. The molecule has 0 saturated heterocycles. The highest BCUT2D eigenvalue weighted by atomic mass is 79.9. The SMILES string of the molecule is CCC(NC(=O)CN)c1cc(Cl)cc(Br)c1O.Cl. The fourth-order valence-corrected chi connectivity index (χ4v) is 2.34. The van der Waals surface area contributed by atoms with E-state index in [1.165, 1.54) is 0 Å². The fraction of sp³-hybridized carbons (Fsp3) is 0.364. The Hall–Kier alpha value is -0.490. The molecule has 1 rings (SSSR count). The van der Waals surface area contributed by atoms with Gasteiger partial charge in [-0.15, -0.1) is 12.4 Å². The zero-order valence-corrected chi connectivity index (χ0v) is 12.9. The van der Waals surface area contributed by atoms with Gasteiger partial charge in [0.1, 0.15) is 5.75 Å². The van der Waals surface area contributed by atoms with Gasteiger partial charge >= 0.3 is 0 Å². The second-order valence-electron chi connectivity index (χ2n) is 3.56. The number of phenols is 1. The molecular formula is C11H15BrCl2N2O2. The van der Waals surface area contributed by atoms with E-state index in [1.54, 1.807) is 12.1 Å². The number of carbonyl (C=O) groups is 1. The molecule has 4 nitrogen and oxygen atoms in total. The van der Waals surface area contributed by atoms with E-state index >= 15 is 0 Å². The summed E-state index contributed by atoms with van der Waals surface area (Å²) < 4.78 is 0.500. The minimum absolute atomic E-state index is 0. The molecule has 1 atom stereocenters. The first-order chi connectivity index (χ1) is 7.99. The zero-order chi connectivity index (χ0) is 13.0. The molecule has 1 aromatic rings. The van der Waals surface area contributed by atoms with Gasteiger partial charge in [0.15, 0.2) is 0 Å². The molecule has 0 bridgehead atoms. The summed E-state index contributed by atoms with van der Waals surface area (Å²) in [4.78, 5) is 11.3. The predicted octanol–water partition coefficient (Wildman–Crippen LogP) is 2.76. The maximum atomic E-state index is 11.3. The Labute approximate surface area is 125 Å². The van der Waals surface area contributed by atoms with Crippen molar-refractivity contribution in [1.82, 2.24) is 5.32 Å². The summed E-state index contributed by atoms with van der Waals surface area (Å²) in [6.45, 7) is 1.81. The molecule has 0 heterocycles. The summed E-state index contributed by atoms with van der Waals surface area (Å²) >= 11 is 9.12. The van der Waals surface area contributed by atoms with Gasteiger partial charge in [-0.05, 0) is 34.5 Å². The van der Waals surface area contributed by atoms with Crippen molar-refractivity contribution < 1.29 is 9.90 Å². The van der Waals surface area contributed by atoms with Crippen LogP contribution in [0.4, 0.5) is 0 Å². The largest absolute Gasteiger partial charge is 0.506 e. The second kappa shape index (κ2) is 7.84. The van der Waals surface area contributed by atoms with Crippen molar-refractivity contribution in [1.29, 1.82) is 0 Å². The third-order valence-corrected chi connectivity index (χ3v) is 3.18. The highest BCUT2D eigenvalue weighted by Crippen LogP contribution is 2.36. The number of benzene rings is 1. The van der Waals surface area contributed by atoms with Crippen LogP contribution in [0.1, 0.15) is 24.9 Å². The highest BCUT2D eigenvalue weighted by molar-refractivity contribution is 9.10. The highest BCUT2D eigenvalue weighted by Gasteiger charge is 2.18. The van der Waals surface area contributed by atoms with Gasteiger partial charge in [0, 0.05) is 10.6 Å². The molecule has 4 N–H and O–H groups in total. The third-order valence-electron chi connectivity index (χ3n) is 2.36. The molecule has 0 aliphatic carbocycles. The lowest BCUT2D eigenvalue weighted by Crippen LogP contribution is -2.33. The lowest BCUT2D eigenvalue weighted by molar-refractivity contribution is -0.120. The van der Waals surface area contributed by atoms with Crippen LogP contribution < -0.4 is 11.1 Å². The van der Waals surface area contributed by atoms with Crippen molar-refractivity contribution in [2.75, 3.05) is 6.54 Å². The summed E-state index contributed by atoms with van der Waals surface area (Å²) in [5.74, 6) is -0.189. The van der Waals surface area contributed by atoms with E-state index < -0.39 is 0 Å². The molecule has 0 aliphatic heterocycles. The Morgan fingerprint density at radius 3 is 2.72 bits per heavy atom. The first kappa shape index (κ1) is 17.5. The van der Waals surface area contributed by atoms with Gasteiger partial charge in [0.05, 0.1) is 17.1 Å². The van der Waals surface area contributed by atoms with E-state index in [4.69, 9.17) is 17.3 Å². The van der Waals surface area contributed by atoms with Crippen LogP contribution in [0, 0.1) is 0 Å². The summed E-state index contributed by atoms with van der Waals surface area (Å²) in [5, 5.41) is 13.1. The Kier molecular flexibility index (Phi) is 7.62. The number of carbonyl (C=O) groups excluding carboxylic acids is 1. The quantitative estimate of drug-likeness (QED) is 0.775. The normalized spacial score (nSPS) is 11.6. The number of hydrogen-bond donors (Lipinski definition) is 3. The average Bonchev–Trinajstić information content (AvgIpc) is 2.30. The predicted molar refractivity (Wildman–Crippen MR) is 78.3 cm³/mol. The van der Waals surface area contributed by atoms with E-state index in [0.29, 0.717) is 21.5 Å². The molecule has 0 spiro atoms. The number of nitrogens with one attached hydrogen (secondary N) is 1. The minimum Gasteiger partial charge on any atom is -0.506 e. The standard InChI is InChI=1S/C11H14BrClN2O2.ClH/c1-2-9(15-10(16)5-14)7-3-6(13)4-8(12)11(7)17;/h3-4,9,17H,2,5,14H2,1H3,(H,15,16);1H. The van der Waals surface area contributed by atoms with Crippen LogP contribution in [0.15, 0.2) is 16.6 Å². The van der Waals surface area contributed by atoms with E-state index in [9.17, 15) is 9.90 Å². The van der Waals surface area contributed by atoms with Gasteiger partial charge in [-0.25, -0.2) is 0 Å². The van der Waals surface area contributed by atoms with E-state index in [1.807, 2.05) is 6.92 Å². The van der Waals surface area contributed by atoms with E-state index in [-0.39, 0.29) is 36.7 Å². The maximum absolute atomic E-state index is 11.3. The molecular weight excluding hydrogens is 343 g/mol. The third kappa shape index (κ3) is 4.31. The van der Waals surface area contributed by atoms with Crippen LogP contribution in [0.2, 0.25) is 5.02 Å². The number of nitrogens with two attached hydrogens (primary N) is 1. The van der Waals surface area contributed by atoms with Crippen molar-refractivity contribution >= 4 is 45.8 Å². The smallest absolute Gasteiger partial charge is 0.234 e. The first-order valence-electron chi connectivity index (χ1n) is 5.16. The molecule has 0 aromatic heterocycles. The molecule has 0 fully saturated rings. The molecule has 0 saturated carbocycles. The number of amides is 1. The van der Waals surface area contributed by atoms with Crippen molar-refractivity contribution in [3.8, 4) is 5.75 Å². The average molecular weight is 358 g/mol. The van der Waals surface area contributed by atoms with Crippen LogP contribution in [0.5, 0.6) is 5.75 Å². The van der Waals surface area contributed by atoms with Crippen LogP contribution in [-0.4, -0.2) is 17.6 Å². The Morgan fingerprint density at radius 2 is 2.22 bits per heavy atom. The van der Waals surface area contributed by atoms with Crippen LogP contribution in [0.25, 0.3) is 0 Å². The van der Waals surface area contributed by atoms with Gasteiger partial charge in [-0.3, -0.25) is 4.79 Å². The summed E-state index contributed by atoms with van der Waals surface area (Å²) in [6.07, 6.45) is 0.631. The number of halogens is 3. The zero-order valence-electron chi connectivity index (χ0n) is 9.74. The molecule has 1 amide bonds. The Bertz CT molecular complexity index is 430. The van der Waals surface area contributed by atoms with Crippen LogP contribution in [0.3, 0.4) is 0 Å². The monoisotopic (exact) mass is 356 g/mol. The topological polar surface area (TPSA) is 75.4 Å². The van der Waals surface area contributed by atoms with Crippen molar-refractivity contribution in [2.24, 2.45) is 5.73 Å². The molecule has 18 heavy (non-hydrogen) atoms. The van der Waals surface area contributed by atoms with Gasteiger partial charge in [0.25, 0.3) is 0 Å². The van der Waals surface area contributed by atoms with Gasteiger partial charge < -0.3 is 16.2 Å². The molecule has 102 valence electrons. The molecule has 1 unspecified atom stereocenters. The molecule has 1 aromatic carbocycles. The van der Waals surface area contributed by atoms with Gasteiger partial charge in [-0.2, -0.15) is 0 Å². The fourth-order valence-electron chi connectivity index (χ4n) is 1.50. The number of aromatic hydroxyl groups is 1. The lowest BCUT2D eigenvalue weighted by Gasteiger charge is -2.19. The Balaban J connectivity index is 0.00000289. The number of phenolic OH excluding ortho intramolecular Hbond substituents is 1. The minimum atomic E-state index is -0.305.